The molecular formula is C23H16Cl2O2. The van der Waals surface area contributed by atoms with Crippen LogP contribution in [0.1, 0.15) is 32.7 Å². The summed E-state index contributed by atoms with van der Waals surface area (Å²) in [4.78, 5) is 25.3. The SMILES string of the molecule is O=C(/C=C(\CC(=O)c1ccc(Cl)cc1)c1ccccc1)c1ccc(Cl)cc1. The number of carbonyl (C=O) groups is 2. The van der Waals surface area contributed by atoms with E-state index in [2.05, 4.69) is 0 Å². The molecule has 0 amide bonds. The molecule has 0 spiro atoms. The highest BCUT2D eigenvalue weighted by Crippen LogP contribution is 2.23. The first-order valence-electron chi connectivity index (χ1n) is 8.37. The monoisotopic (exact) mass is 394 g/mol. The van der Waals surface area contributed by atoms with Crippen LogP contribution in [0, 0.1) is 0 Å². The maximum absolute atomic E-state index is 12.7. The van der Waals surface area contributed by atoms with Crippen molar-refractivity contribution in [2.45, 2.75) is 6.42 Å². The van der Waals surface area contributed by atoms with Gasteiger partial charge in [-0.15, -0.1) is 0 Å². The van der Waals surface area contributed by atoms with Gasteiger partial charge in [-0.1, -0.05) is 53.5 Å². The van der Waals surface area contributed by atoms with Gasteiger partial charge in [0.2, 0.25) is 0 Å². The molecule has 0 fully saturated rings. The second-order valence-electron chi connectivity index (χ2n) is 6.01. The zero-order chi connectivity index (χ0) is 19.2. The van der Waals surface area contributed by atoms with E-state index in [1.54, 1.807) is 48.5 Å². The van der Waals surface area contributed by atoms with Crippen molar-refractivity contribution in [2.75, 3.05) is 0 Å². The van der Waals surface area contributed by atoms with Gasteiger partial charge >= 0.3 is 0 Å². The lowest BCUT2D eigenvalue weighted by molar-refractivity contribution is 0.0998. The second kappa shape index (κ2) is 8.81. The van der Waals surface area contributed by atoms with Crippen LogP contribution in [0.25, 0.3) is 5.57 Å². The minimum absolute atomic E-state index is 0.0781. The largest absolute Gasteiger partial charge is 0.294 e. The van der Waals surface area contributed by atoms with E-state index in [-0.39, 0.29) is 18.0 Å². The number of rotatable bonds is 6. The summed E-state index contributed by atoms with van der Waals surface area (Å²) in [6, 6.07) is 22.8. The fourth-order valence-corrected chi connectivity index (χ4v) is 2.91. The third-order valence-electron chi connectivity index (χ3n) is 4.10. The topological polar surface area (TPSA) is 34.1 Å². The summed E-state index contributed by atoms with van der Waals surface area (Å²) >= 11 is 11.8. The van der Waals surface area contributed by atoms with Crippen LogP contribution in [0.4, 0.5) is 0 Å². The number of hydrogen-bond donors (Lipinski definition) is 0. The Balaban J connectivity index is 1.91. The lowest BCUT2D eigenvalue weighted by atomic mass is 9.95. The lowest BCUT2D eigenvalue weighted by Crippen LogP contribution is -2.03. The number of allylic oxidation sites excluding steroid dienone is 2. The van der Waals surface area contributed by atoms with Crippen molar-refractivity contribution >= 4 is 40.3 Å². The Morgan fingerprint density at radius 1 is 0.667 bits per heavy atom. The second-order valence-corrected chi connectivity index (χ2v) is 6.89. The van der Waals surface area contributed by atoms with Crippen LogP contribution in [0.2, 0.25) is 10.0 Å². The van der Waals surface area contributed by atoms with Gasteiger partial charge in [0.15, 0.2) is 11.6 Å². The van der Waals surface area contributed by atoms with Crippen LogP contribution in [0.3, 0.4) is 0 Å². The molecule has 0 aliphatic heterocycles. The number of carbonyl (C=O) groups excluding carboxylic acids is 2. The zero-order valence-corrected chi connectivity index (χ0v) is 15.9. The van der Waals surface area contributed by atoms with Crippen LogP contribution >= 0.6 is 23.2 Å². The summed E-state index contributed by atoms with van der Waals surface area (Å²) in [6.45, 7) is 0. The Kier molecular flexibility index (Phi) is 6.23. The summed E-state index contributed by atoms with van der Waals surface area (Å²) in [5, 5.41) is 1.14. The fraction of sp³-hybridized carbons (Fsp3) is 0.0435. The maximum Gasteiger partial charge on any atom is 0.186 e. The molecule has 4 heteroatoms. The lowest BCUT2D eigenvalue weighted by Gasteiger charge is -2.08. The van der Waals surface area contributed by atoms with Crippen LogP contribution in [-0.2, 0) is 0 Å². The van der Waals surface area contributed by atoms with Gasteiger partial charge in [-0.3, -0.25) is 9.59 Å². The predicted octanol–water partition coefficient (Wildman–Crippen LogP) is 6.53. The summed E-state index contributed by atoms with van der Waals surface area (Å²) < 4.78 is 0. The van der Waals surface area contributed by atoms with Crippen molar-refractivity contribution in [1.29, 1.82) is 0 Å². The Morgan fingerprint density at radius 3 is 1.74 bits per heavy atom. The molecule has 3 aromatic carbocycles. The van der Waals surface area contributed by atoms with E-state index in [4.69, 9.17) is 23.2 Å². The fourth-order valence-electron chi connectivity index (χ4n) is 2.66. The molecule has 0 aliphatic rings. The predicted molar refractivity (Wildman–Crippen MR) is 111 cm³/mol. The van der Waals surface area contributed by atoms with Gasteiger partial charge in [0, 0.05) is 27.6 Å². The Morgan fingerprint density at radius 2 is 1.19 bits per heavy atom. The molecule has 0 bridgehead atoms. The minimum Gasteiger partial charge on any atom is -0.294 e. The summed E-state index contributed by atoms with van der Waals surface area (Å²) in [5.74, 6) is -0.250. The normalized spacial score (nSPS) is 11.3. The van der Waals surface area contributed by atoms with E-state index in [0.717, 1.165) is 5.56 Å². The Hall–Kier alpha value is -2.68. The van der Waals surface area contributed by atoms with Gasteiger partial charge in [0.05, 0.1) is 0 Å². The Bertz CT molecular complexity index is 973. The first-order chi connectivity index (χ1) is 13.0. The summed E-state index contributed by atoms with van der Waals surface area (Å²) in [5.41, 5.74) is 2.57. The molecule has 2 nitrogen and oxygen atoms in total. The molecule has 0 aliphatic carbocycles. The average molecular weight is 395 g/mol. The standard InChI is InChI=1S/C23H16Cl2O2/c24-20-10-6-17(7-11-20)22(26)14-19(16-4-2-1-3-5-16)15-23(27)18-8-12-21(25)13-9-18/h1-14H,15H2/b19-14+. The van der Waals surface area contributed by atoms with Crippen LogP contribution in [0.5, 0.6) is 0 Å². The molecule has 3 aromatic rings. The van der Waals surface area contributed by atoms with Gasteiger partial charge < -0.3 is 0 Å². The van der Waals surface area contributed by atoms with Gasteiger partial charge in [0.25, 0.3) is 0 Å². The molecule has 0 radical (unpaired) electrons. The summed E-state index contributed by atoms with van der Waals surface area (Å²) in [6.07, 6.45) is 1.64. The quantitative estimate of drug-likeness (QED) is 0.351. The average Bonchev–Trinajstić information content (AvgIpc) is 2.69. The molecule has 0 N–H and O–H groups in total. The van der Waals surface area contributed by atoms with E-state index >= 15 is 0 Å². The van der Waals surface area contributed by atoms with Gasteiger partial charge in [-0.2, -0.15) is 0 Å². The van der Waals surface area contributed by atoms with Crippen molar-refractivity contribution in [1.82, 2.24) is 0 Å². The van der Waals surface area contributed by atoms with E-state index in [0.29, 0.717) is 26.7 Å². The molecule has 0 atom stereocenters. The molecule has 134 valence electrons. The highest BCUT2D eigenvalue weighted by molar-refractivity contribution is 6.31. The smallest absolute Gasteiger partial charge is 0.186 e. The molecule has 0 unspecified atom stereocenters. The third-order valence-corrected chi connectivity index (χ3v) is 4.60. The minimum atomic E-state index is -0.172. The van der Waals surface area contributed by atoms with E-state index < -0.39 is 0 Å². The third kappa shape index (κ3) is 5.16. The molecule has 27 heavy (non-hydrogen) atoms. The maximum atomic E-state index is 12.7. The van der Waals surface area contributed by atoms with Crippen LogP contribution in [-0.4, -0.2) is 11.6 Å². The highest BCUT2D eigenvalue weighted by atomic mass is 35.5. The van der Waals surface area contributed by atoms with Crippen LogP contribution in [0.15, 0.2) is 84.9 Å². The van der Waals surface area contributed by atoms with Crippen LogP contribution < -0.4 is 0 Å². The number of benzene rings is 3. The number of ketones is 2. The van der Waals surface area contributed by atoms with Gasteiger partial charge in [-0.05, 0) is 65.7 Å². The van der Waals surface area contributed by atoms with Crippen molar-refractivity contribution in [3.63, 3.8) is 0 Å². The highest BCUT2D eigenvalue weighted by Gasteiger charge is 2.13. The van der Waals surface area contributed by atoms with E-state index in [9.17, 15) is 9.59 Å². The van der Waals surface area contributed by atoms with Gasteiger partial charge in [0.1, 0.15) is 0 Å². The number of Topliss-reactive ketones (excluding diaryl/α,β-unsaturated/α-hetero) is 1. The number of hydrogen-bond acceptors (Lipinski definition) is 2. The molecule has 3 rings (SSSR count). The van der Waals surface area contributed by atoms with E-state index in [1.165, 1.54) is 6.08 Å². The summed E-state index contributed by atoms with van der Waals surface area (Å²) in [7, 11) is 0. The molecule has 0 aromatic heterocycles. The van der Waals surface area contributed by atoms with Gasteiger partial charge in [-0.25, -0.2) is 0 Å². The van der Waals surface area contributed by atoms with Crippen molar-refractivity contribution in [2.24, 2.45) is 0 Å². The molecule has 0 saturated heterocycles. The van der Waals surface area contributed by atoms with Crippen molar-refractivity contribution < 1.29 is 9.59 Å². The molecule has 0 saturated carbocycles. The number of halogens is 2. The Labute approximate surface area is 168 Å². The van der Waals surface area contributed by atoms with Crippen molar-refractivity contribution in [3.8, 4) is 0 Å². The van der Waals surface area contributed by atoms with E-state index in [1.807, 2.05) is 30.3 Å². The molecule has 0 heterocycles. The van der Waals surface area contributed by atoms with Crippen molar-refractivity contribution in [3.05, 3.63) is 112 Å². The first kappa shape index (κ1) is 19.1. The zero-order valence-electron chi connectivity index (χ0n) is 14.4. The molecular weight excluding hydrogens is 379 g/mol. The first-order valence-corrected chi connectivity index (χ1v) is 9.13.